The van der Waals surface area contributed by atoms with Crippen LogP contribution in [0.2, 0.25) is 0 Å². The molecule has 0 radical (unpaired) electrons. The van der Waals surface area contributed by atoms with Crippen molar-refractivity contribution in [2.45, 2.75) is 18.4 Å². The summed E-state index contributed by atoms with van der Waals surface area (Å²) < 4.78 is 76.9. The Bertz CT molecular complexity index is 712. The van der Waals surface area contributed by atoms with E-state index in [-0.39, 0.29) is 6.07 Å². The zero-order valence-corrected chi connectivity index (χ0v) is 11.9. The third kappa shape index (κ3) is 4.19. The van der Waals surface area contributed by atoms with E-state index in [1.54, 1.807) is 30.3 Å². The lowest BCUT2D eigenvalue weighted by Gasteiger charge is -2.17. The number of halogens is 6. The van der Waals surface area contributed by atoms with Crippen LogP contribution in [0.3, 0.4) is 0 Å². The first kappa shape index (κ1) is 17.7. The fraction of sp³-hybridized carbons (Fsp3) is 0.188. The van der Waals surface area contributed by atoms with Crippen LogP contribution in [0.5, 0.6) is 0 Å². The van der Waals surface area contributed by atoms with Crippen molar-refractivity contribution >= 4 is 5.69 Å². The summed E-state index contributed by atoms with van der Waals surface area (Å²) >= 11 is 0. The van der Waals surface area contributed by atoms with Crippen LogP contribution in [0.15, 0.2) is 48.5 Å². The minimum atomic E-state index is -4.94. The third-order valence-electron chi connectivity index (χ3n) is 3.16. The largest absolute Gasteiger partial charge is 0.416 e. The lowest BCUT2D eigenvalue weighted by molar-refractivity contribution is -0.143. The van der Waals surface area contributed by atoms with E-state index in [0.29, 0.717) is 17.7 Å². The van der Waals surface area contributed by atoms with E-state index in [2.05, 4.69) is 5.32 Å². The van der Waals surface area contributed by atoms with E-state index >= 15 is 0 Å². The topological polar surface area (TPSA) is 35.8 Å². The zero-order chi connectivity index (χ0) is 18.0. The van der Waals surface area contributed by atoms with Gasteiger partial charge in [0.05, 0.1) is 17.2 Å². The number of nitriles is 1. The van der Waals surface area contributed by atoms with Crippen LogP contribution in [-0.2, 0) is 12.4 Å². The van der Waals surface area contributed by atoms with Crippen molar-refractivity contribution in [2.75, 3.05) is 5.32 Å². The highest BCUT2D eigenvalue weighted by Crippen LogP contribution is 2.38. The van der Waals surface area contributed by atoms with Gasteiger partial charge in [0.15, 0.2) is 0 Å². The Balaban J connectivity index is 2.44. The Kier molecular flexibility index (Phi) is 4.73. The Hall–Kier alpha value is -2.69. The van der Waals surface area contributed by atoms with Crippen molar-refractivity contribution in [3.05, 3.63) is 65.2 Å². The number of hydrogen-bond donors (Lipinski definition) is 1. The monoisotopic (exact) mass is 344 g/mol. The van der Waals surface area contributed by atoms with Gasteiger partial charge >= 0.3 is 12.4 Å². The fourth-order valence-electron chi connectivity index (χ4n) is 2.04. The summed E-state index contributed by atoms with van der Waals surface area (Å²) in [6.45, 7) is 0. The van der Waals surface area contributed by atoms with Crippen LogP contribution in [0.25, 0.3) is 0 Å². The second-order valence-electron chi connectivity index (χ2n) is 4.91. The molecule has 0 fully saturated rings. The number of nitrogens with one attached hydrogen (secondary N) is 1. The molecule has 0 aliphatic carbocycles. The average molecular weight is 344 g/mol. The summed E-state index contributed by atoms with van der Waals surface area (Å²) in [7, 11) is 0. The van der Waals surface area contributed by atoms with Gasteiger partial charge in [-0.15, -0.1) is 0 Å². The number of benzene rings is 2. The fourth-order valence-corrected chi connectivity index (χ4v) is 2.04. The molecule has 2 nitrogen and oxygen atoms in total. The number of nitrogens with zero attached hydrogens (tertiary/aromatic N) is 1. The number of anilines is 1. The molecule has 2 aromatic rings. The van der Waals surface area contributed by atoms with Gasteiger partial charge in [0, 0.05) is 5.69 Å². The van der Waals surface area contributed by atoms with Crippen molar-refractivity contribution in [2.24, 2.45) is 0 Å². The molecule has 2 aromatic carbocycles. The molecular formula is C16H10F6N2. The number of rotatable bonds is 3. The summed E-state index contributed by atoms with van der Waals surface area (Å²) in [6, 6.07) is 9.81. The highest BCUT2D eigenvalue weighted by atomic mass is 19.4. The predicted molar refractivity (Wildman–Crippen MR) is 74.9 cm³/mol. The van der Waals surface area contributed by atoms with E-state index in [0.717, 1.165) is 0 Å². The molecule has 8 heteroatoms. The third-order valence-corrected chi connectivity index (χ3v) is 3.16. The Labute approximate surface area is 133 Å². The highest BCUT2D eigenvalue weighted by molar-refractivity contribution is 5.53. The Morgan fingerprint density at radius 1 is 0.833 bits per heavy atom. The molecule has 1 N–H and O–H groups in total. The summed E-state index contributed by atoms with van der Waals surface area (Å²) in [6.07, 6.45) is -9.88. The maximum absolute atomic E-state index is 12.8. The van der Waals surface area contributed by atoms with Crippen LogP contribution in [-0.4, -0.2) is 0 Å². The number of alkyl halides is 6. The molecule has 0 aliphatic heterocycles. The number of hydrogen-bond acceptors (Lipinski definition) is 2. The standard InChI is InChI=1S/C16H10F6N2/c17-15(18,19)11-6-12(16(20,21)22)8-13(7-11)24-14(9-23)10-4-2-1-3-5-10/h1-8,14,24H/t14-/m1/s1. The first-order valence-electron chi connectivity index (χ1n) is 6.62. The van der Waals surface area contributed by atoms with Gasteiger partial charge < -0.3 is 5.32 Å². The molecule has 0 amide bonds. The molecule has 0 heterocycles. The van der Waals surface area contributed by atoms with Gasteiger partial charge in [-0.25, -0.2) is 0 Å². The Morgan fingerprint density at radius 2 is 1.33 bits per heavy atom. The smallest absolute Gasteiger partial charge is 0.366 e. The molecule has 0 bridgehead atoms. The summed E-state index contributed by atoms with van der Waals surface area (Å²) in [5.41, 5.74) is -2.90. The molecule has 1 atom stereocenters. The molecule has 0 saturated heterocycles. The van der Waals surface area contributed by atoms with Crippen LogP contribution in [0, 0.1) is 11.3 Å². The molecule has 0 unspecified atom stereocenters. The summed E-state index contributed by atoms with van der Waals surface area (Å²) in [5.74, 6) is 0. The maximum Gasteiger partial charge on any atom is 0.416 e. The molecule has 0 aliphatic rings. The Morgan fingerprint density at radius 3 is 1.75 bits per heavy atom. The van der Waals surface area contributed by atoms with Crippen molar-refractivity contribution in [1.82, 2.24) is 0 Å². The van der Waals surface area contributed by atoms with Crippen molar-refractivity contribution < 1.29 is 26.3 Å². The minimum Gasteiger partial charge on any atom is -0.366 e. The molecule has 0 spiro atoms. The predicted octanol–water partition coefficient (Wildman–Crippen LogP) is 5.40. The van der Waals surface area contributed by atoms with E-state index in [9.17, 15) is 26.3 Å². The first-order chi connectivity index (χ1) is 11.1. The molecule has 126 valence electrons. The molecule has 0 aromatic heterocycles. The van der Waals surface area contributed by atoms with Gasteiger partial charge in [-0.3, -0.25) is 0 Å². The van der Waals surface area contributed by atoms with Gasteiger partial charge in [-0.2, -0.15) is 31.6 Å². The highest BCUT2D eigenvalue weighted by Gasteiger charge is 2.37. The normalized spacial score (nSPS) is 13.2. The van der Waals surface area contributed by atoms with Gasteiger partial charge in [0.1, 0.15) is 6.04 Å². The lowest BCUT2D eigenvalue weighted by atomic mass is 10.1. The quantitative estimate of drug-likeness (QED) is 0.757. The van der Waals surface area contributed by atoms with Crippen LogP contribution in [0.1, 0.15) is 22.7 Å². The minimum absolute atomic E-state index is 0.0368. The SMILES string of the molecule is N#C[C@@H](Nc1cc(C(F)(F)F)cc(C(F)(F)F)c1)c1ccccc1. The van der Waals surface area contributed by atoms with E-state index in [1.807, 2.05) is 6.07 Å². The van der Waals surface area contributed by atoms with Gasteiger partial charge in [-0.05, 0) is 23.8 Å². The molecule has 2 rings (SSSR count). The second-order valence-corrected chi connectivity index (χ2v) is 4.91. The second kappa shape index (κ2) is 6.43. The lowest BCUT2D eigenvalue weighted by Crippen LogP contribution is -2.14. The van der Waals surface area contributed by atoms with E-state index < -0.39 is 35.2 Å². The van der Waals surface area contributed by atoms with E-state index in [1.165, 1.54) is 0 Å². The average Bonchev–Trinajstić information content (AvgIpc) is 2.51. The first-order valence-corrected chi connectivity index (χ1v) is 6.62. The van der Waals surface area contributed by atoms with Gasteiger partial charge in [-0.1, -0.05) is 30.3 Å². The van der Waals surface area contributed by atoms with Crippen LogP contribution >= 0.6 is 0 Å². The summed E-state index contributed by atoms with van der Waals surface area (Å²) in [4.78, 5) is 0. The maximum atomic E-state index is 12.8. The van der Waals surface area contributed by atoms with Gasteiger partial charge in [0.25, 0.3) is 0 Å². The zero-order valence-electron chi connectivity index (χ0n) is 11.9. The molecular weight excluding hydrogens is 334 g/mol. The van der Waals surface area contributed by atoms with Crippen molar-refractivity contribution in [3.63, 3.8) is 0 Å². The summed E-state index contributed by atoms with van der Waals surface area (Å²) in [5, 5.41) is 11.6. The molecule has 24 heavy (non-hydrogen) atoms. The van der Waals surface area contributed by atoms with Gasteiger partial charge in [0.2, 0.25) is 0 Å². The van der Waals surface area contributed by atoms with Crippen LogP contribution in [0.4, 0.5) is 32.0 Å². The van der Waals surface area contributed by atoms with Crippen molar-refractivity contribution in [1.29, 1.82) is 5.26 Å². The van der Waals surface area contributed by atoms with Crippen LogP contribution < -0.4 is 5.32 Å². The van der Waals surface area contributed by atoms with E-state index in [4.69, 9.17) is 5.26 Å². The molecule has 0 saturated carbocycles. The van der Waals surface area contributed by atoms with Crippen molar-refractivity contribution in [3.8, 4) is 6.07 Å².